The second kappa shape index (κ2) is 5.80. The smallest absolute Gasteiger partial charge is 0.323 e. The van der Waals surface area contributed by atoms with Gasteiger partial charge in [-0.3, -0.25) is 10.1 Å². The van der Waals surface area contributed by atoms with Gasteiger partial charge in [-0.1, -0.05) is 6.58 Å². The van der Waals surface area contributed by atoms with Gasteiger partial charge in [-0.2, -0.15) is 0 Å². The molecule has 1 aliphatic rings. The van der Waals surface area contributed by atoms with Crippen LogP contribution in [0, 0.1) is 10.1 Å². The van der Waals surface area contributed by atoms with Crippen molar-refractivity contribution in [2.24, 2.45) is 0 Å². The number of aromatic hydroxyl groups is 1. The van der Waals surface area contributed by atoms with Gasteiger partial charge in [-0.25, -0.2) is 4.79 Å². The van der Waals surface area contributed by atoms with E-state index in [-0.39, 0.29) is 11.4 Å². The maximum absolute atomic E-state index is 12.0. The summed E-state index contributed by atoms with van der Waals surface area (Å²) in [7, 11) is 0. The summed E-state index contributed by atoms with van der Waals surface area (Å²) in [6.07, 6.45) is 0. The lowest BCUT2D eigenvalue weighted by atomic mass is 10.2. The van der Waals surface area contributed by atoms with Crippen molar-refractivity contribution in [3.8, 4) is 5.75 Å². The highest BCUT2D eigenvalue weighted by atomic mass is 16.6. The number of fused-ring (bicyclic) bond motifs is 1. The summed E-state index contributed by atoms with van der Waals surface area (Å²) in [5.41, 5.74) is 1.66. The Labute approximate surface area is 136 Å². The van der Waals surface area contributed by atoms with Gasteiger partial charge in [0.2, 0.25) is 0 Å². The van der Waals surface area contributed by atoms with Gasteiger partial charge in [0, 0.05) is 5.69 Å². The molecule has 0 saturated heterocycles. The largest absolute Gasteiger partial charge is 0.508 e. The first-order chi connectivity index (χ1) is 11.4. The van der Waals surface area contributed by atoms with Crippen LogP contribution in [-0.2, 0) is 0 Å². The summed E-state index contributed by atoms with van der Waals surface area (Å²) < 4.78 is 0. The van der Waals surface area contributed by atoms with Crippen molar-refractivity contribution in [2.75, 3.05) is 21.3 Å². The zero-order valence-corrected chi connectivity index (χ0v) is 12.3. The van der Waals surface area contributed by atoms with Gasteiger partial charge in [0.15, 0.2) is 0 Å². The number of hydrogen-bond donors (Lipinski definition) is 5. The van der Waals surface area contributed by atoms with Crippen LogP contribution < -0.4 is 21.3 Å². The molecule has 0 saturated carbocycles. The van der Waals surface area contributed by atoms with E-state index in [1.54, 1.807) is 18.2 Å². The molecule has 2 aromatic rings. The third-order valence-corrected chi connectivity index (χ3v) is 3.27. The average molecular weight is 327 g/mol. The van der Waals surface area contributed by atoms with Gasteiger partial charge >= 0.3 is 6.03 Å². The molecule has 0 aromatic heterocycles. The fourth-order valence-corrected chi connectivity index (χ4v) is 2.25. The second-order valence-electron chi connectivity index (χ2n) is 5.03. The SMILES string of the molecule is C=C1Nc2ccc(NC(=O)Nc3ccc(O)cc3[N+](=O)[O-])cc2N1. The number of carbonyl (C=O) groups excluding carboxylic acids is 1. The number of nitro benzene ring substituents is 1. The van der Waals surface area contributed by atoms with Crippen LogP contribution in [0.4, 0.5) is 33.2 Å². The highest BCUT2D eigenvalue weighted by Gasteiger charge is 2.17. The lowest BCUT2D eigenvalue weighted by Gasteiger charge is -2.09. The molecule has 0 unspecified atom stereocenters. The third kappa shape index (κ3) is 3.04. The topological polar surface area (TPSA) is 129 Å². The Morgan fingerprint density at radius 3 is 2.62 bits per heavy atom. The second-order valence-corrected chi connectivity index (χ2v) is 5.03. The molecule has 0 spiro atoms. The van der Waals surface area contributed by atoms with Crippen LogP contribution in [0.25, 0.3) is 0 Å². The molecule has 0 aliphatic carbocycles. The minimum atomic E-state index is -0.689. The summed E-state index contributed by atoms with van der Waals surface area (Å²) in [6, 6.07) is 7.96. The number of carbonyl (C=O) groups is 1. The minimum absolute atomic E-state index is 0.0235. The summed E-state index contributed by atoms with van der Waals surface area (Å²) in [5, 5.41) is 31.3. The molecule has 122 valence electrons. The quantitative estimate of drug-likeness (QED) is 0.334. The molecule has 3 rings (SSSR count). The molecule has 2 aromatic carbocycles. The van der Waals surface area contributed by atoms with Crippen LogP contribution in [0.5, 0.6) is 5.75 Å². The number of nitrogens with one attached hydrogen (secondary N) is 4. The number of nitro groups is 1. The van der Waals surface area contributed by atoms with Crippen molar-refractivity contribution in [2.45, 2.75) is 0 Å². The first-order valence-electron chi connectivity index (χ1n) is 6.85. The summed E-state index contributed by atoms with van der Waals surface area (Å²) in [6.45, 7) is 3.74. The number of phenolic OH excluding ortho intramolecular Hbond substituents is 1. The molecule has 24 heavy (non-hydrogen) atoms. The number of benzene rings is 2. The molecule has 0 radical (unpaired) electrons. The van der Waals surface area contributed by atoms with E-state index in [4.69, 9.17) is 0 Å². The summed E-state index contributed by atoms with van der Waals surface area (Å²) >= 11 is 0. The van der Waals surface area contributed by atoms with Gasteiger partial charge < -0.3 is 26.4 Å². The Bertz CT molecular complexity index is 865. The molecule has 9 heteroatoms. The van der Waals surface area contributed by atoms with Crippen LogP contribution in [-0.4, -0.2) is 16.1 Å². The van der Waals surface area contributed by atoms with E-state index in [2.05, 4.69) is 27.8 Å². The molecule has 5 N–H and O–H groups in total. The maximum Gasteiger partial charge on any atom is 0.323 e. The van der Waals surface area contributed by atoms with Crippen molar-refractivity contribution in [3.05, 3.63) is 58.9 Å². The van der Waals surface area contributed by atoms with Crippen molar-refractivity contribution in [1.82, 2.24) is 0 Å². The first kappa shape index (κ1) is 15.2. The third-order valence-electron chi connectivity index (χ3n) is 3.27. The number of nitrogens with zero attached hydrogens (tertiary/aromatic N) is 1. The predicted molar refractivity (Wildman–Crippen MR) is 90.2 cm³/mol. The van der Waals surface area contributed by atoms with E-state index < -0.39 is 16.6 Å². The van der Waals surface area contributed by atoms with Crippen molar-refractivity contribution < 1.29 is 14.8 Å². The van der Waals surface area contributed by atoms with Crippen LogP contribution >= 0.6 is 0 Å². The monoisotopic (exact) mass is 327 g/mol. The fourth-order valence-electron chi connectivity index (χ4n) is 2.25. The van der Waals surface area contributed by atoms with Gasteiger partial charge in [0.1, 0.15) is 17.3 Å². The van der Waals surface area contributed by atoms with Crippen LogP contribution in [0.1, 0.15) is 0 Å². The fraction of sp³-hybridized carbons (Fsp3) is 0. The maximum atomic E-state index is 12.0. The molecule has 2 amide bonds. The number of urea groups is 1. The van der Waals surface area contributed by atoms with Crippen LogP contribution in [0.3, 0.4) is 0 Å². The highest BCUT2D eigenvalue weighted by molar-refractivity contribution is 6.02. The lowest BCUT2D eigenvalue weighted by Crippen LogP contribution is -2.20. The van der Waals surface area contributed by atoms with Gasteiger partial charge in [-0.05, 0) is 30.3 Å². The zero-order chi connectivity index (χ0) is 17.3. The molecular formula is C15H13N5O4. The molecular weight excluding hydrogens is 314 g/mol. The van der Waals surface area contributed by atoms with E-state index in [1.165, 1.54) is 12.1 Å². The molecule has 1 heterocycles. The van der Waals surface area contributed by atoms with E-state index in [9.17, 15) is 20.0 Å². The minimum Gasteiger partial charge on any atom is -0.508 e. The Hall–Kier alpha value is -3.75. The standard InChI is InChI=1S/C15H13N5O4/c1-8-16-11-4-2-9(6-13(11)17-8)18-15(22)19-12-5-3-10(21)7-14(12)20(23)24/h2-7,16-17,21H,1H2,(H2,18,19,22). The summed E-state index contributed by atoms with van der Waals surface area (Å²) in [4.78, 5) is 22.3. The van der Waals surface area contributed by atoms with Crippen molar-refractivity contribution in [1.29, 1.82) is 0 Å². The summed E-state index contributed by atoms with van der Waals surface area (Å²) in [5.74, 6) is 0.372. The van der Waals surface area contributed by atoms with E-state index in [0.29, 0.717) is 11.5 Å². The van der Waals surface area contributed by atoms with Gasteiger partial charge in [0.05, 0.1) is 22.4 Å². The molecule has 9 nitrogen and oxygen atoms in total. The Balaban J connectivity index is 1.74. The highest BCUT2D eigenvalue weighted by Crippen LogP contribution is 2.32. The normalized spacial score (nSPS) is 11.9. The zero-order valence-electron chi connectivity index (χ0n) is 12.3. The predicted octanol–water partition coefficient (Wildman–Crippen LogP) is 3.25. The van der Waals surface area contributed by atoms with E-state index in [1.807, 2.05) is 0 Å². The molecule has 0 bridgehead atoms. The van der Waals surface area contributed by atoms with Crippen LogP contribution in [0.15, 0.2) is 48.8 Å². The Kier molecular flexibility index (Phi) is 3.66. The Morgan fingerprint density at radius 2 is 1.88 bits per heavy atom. The van der Waals surface area contributed by atoms with Gasteiger partial charge in [-0.15, -0.1) is 0 Å². The van der Waals surface area contributed by atoms with Gasteiger partial charge in [0.25, 0.3) is 5.69 Å². The van der Waals surface area contributed by atoms with E-state index in [0.717, 1.165) is 17.4 Å². The number of hydrogen-bond acceptors (Lipinski definition) is 6. The average Bonchev–Trinajstić information content (AvgIpc) is 2.88. The first-order valence-corrected chi connectivity index (χ1v) is 6.85. The molecule has 0 atom stereocenters. The number of phenols is 1. The van der Waals surface area contributed by atoms with Crippen molar-refractivity contribution >= 4 is 34.5 Å². The number of anilines is 4. The Morgan fingerprint density at radius 1 is 1.12 bits per heavy atom. The van der Waals surface area contributed by atoms with Crippen LogP contribution in [0.2, 0.25) is 0 Å². The lowest BCUT2D eigenvalue weighted by molar-refractivity contribution is -0.384. The van der Waals surface area contributed by atoms with Crippen molar-refractivity contribution in [3.63, 3.8) is 0 Å². The number of amides is 2. The molecule has 0 fully saturated rings. The molecule has 1 aliphatic heterocycles. The number of rotatable bonds is 3. The van der Waals surface area contributed by atoms with E-state index >= 15 is 0 Å².